The van der Waals surface area contributed by atoms with Gasteiger partial charge in [0, 0.05) is 11.3 Å². The molecule has 9 rings (SSSR count). The molecule has 0 bridgehead atoms. The summed E-state index contributed by atoms with van der Waals surface area (Å²) in [4.78, 5) is 5.16. The zero-order chi connectivity index (χ0) is 32.9. The molecule has 0 aliphatic rings. The zero-order valence-corrected chi connectivity index (χ0v) is 27.6. The molecule has 1 heterocycles. The second-order valence-electron chi connectivity index (χ2n) is 12.9. The Balaban J connectivity index is 1.24. The van der Waals surface area contributed by atoms with Crippen LogP contribution in [0.2, 0.25) is 0 Å². The smallest absolute Gasteiger partial charge is 0.145 e. The van der Waals surface area contributed by atoms with Crippen molar-refractivity contribution in [1.82, 2.24) is 9.55 Å². The van der Waals surface area contributed by atoms with Crippen LogP contribution in [0.3, 0.4) is 0 Å². The lowest BCUT2D eigenvalue weighted by atomic mass is 9.86. The minimum Gasteiger partial charge on any atom is -0.292 e. The van der Waals surface area contributed by atoms with Gasteiger partial charge in [-0.2, -0.15) is 0 Å². The summed E-state index contributed by atoms with van der Waals surface area (Å²) in [6.07, 6.45) is 0. The van der Waals surface area contributed by atoms with Crippen LogP contribution in [0.1, 0.15) is 11.1 Å². The first-order valence-electron chi connectivity index (χ1n) is 16.9. The highest BCUT2D eigenvalue weighted by atomic mass is 15.1. The molecule has 0 fully saturated rings. The summed E-state index contributed by atoms with van der Waals surface area (Å²) in [6, 6.07) is 61.2. The largest absolute Gasteiger partial charge is 0.292 e. The topological polar surface area (TPSA) is 17.8 Å². The molecule has 0 saturated carbocycles. The molecule has 232 valence electrons. The van der Waals surface area contributed by atoms with Gasteiger partial charge in [-0.3, -0.25) is 4.57 Å². The number of aromatic nitrogens is 2. The van der Waals surface area contributed by atoms with Gasteiger partial charge < -0.3 is 0 Å². The lowest BCUT2D eigenvalue weighted by molar-refractivity contribution is 1.10. The summed E-state index contributed by atoms with van der Waals surface area (Å²) in [7, 11) is 0. The first-order chi connectivity index (χ1) is 24.1. The molecule has 0 spiro atoms. The Hall–Kier alpha value is -6.25. The van der Waals surface area contributed by atoms with Crippen LogP contribution < -0.4 is 0 Å². The fourth-order valence-corrected chi connectivity index (χ4v) is 7.48. The van der Waals surface area contributed by atoms with E-state index in [0.717, 1.165) is 28.1 Å². The van der Waals surface area contributed by atoms with Crippen LogP contribution in [0.4, 0.5) is 0 Å². The maximum atomic E-state index is 5.16. The Morgan fingerprint density at radius 2 is 1.08 bits per heavy atom. The van der Waals surface area contributed by atoms with Gasteiger partial charge in [0.2, 0.25) is 0 Å². The molecule has 9 aromatic rings. The molecule has 0 radical (unpaired) electrons. The molecule has 0 aliphatic heterocycles. The van der Waals surface area contributed by atoms with E-state index in [4.69, 9.17) is 4.98 Å². The number of imidazole rings is 1. The van der Waals surface area contributed by atoms with E-state index >= 15 is 0 Å². The van der Waals surface area contributed by atoms with Gasteiger partial charge in [0.15, 0.2) is 0 Å². The number of benzene rings is 8. The lowest BCUT2D eigenvalue weighted by Crippen LogP contribution is -1.98. The van der Waals surface area contributed by atoms with Crippen molar-refractivity contribution in [2.24, 2.45) is 0 Å². The molecule has 0 unspecified atom stereocenters. The van der Waals surface area contributed by atoms with Gasteiger partial charge in [0.05, 0.1) is 11.0 Å². The molecule has 2 heteroatoms. The SMILES string of the molecule is Cc1ccc(-c2nc3ccccc3n2-c2ccccc2)cc1-c1ccc2c(-c3cccc(-c4ccccc4)c3)c3ccccc3c(C)c2c1. The van der Waals surface area contributed by atoms with E-state index in [-0.39, 0.29) is 0 Å². The van der Waals surface area contributed by atoms with Gasteiger partial charge in [-0.1, -0.05) is 127 Å². The van der Waals surface area contributed by atoms with Crippen LogP contribution in [0.15, 0.2) is 170 Å². The second-order valence-corrected chi connectivity index (χ2v) is 12.9. The molecular weight excluding hydrogens is 593 g/mol. The Bertz CT molecular complexity index is 2670. The van der Waals surface area contributed by atoms with E-state index in [9.17, 15) is 0 Å². The number of para-hydroxylation sites is 3. The molecule has 1 aromatic heterocycles. The number of rotatable bonds is 5. The normalized spacial score (nSPS) is 11.5. The van der Waals surface area contributed by atoms with Crippen molar-refractivity contribution in [2.75, 3.05) is 0 Å². The number of fused-ring (bicyclic) bond motifs is 3. The van der Waals surface area contributed by atoms with E-state index in [0.29, 0.717) is 0 Å². The highest BCUT2D eigenvalue weighted by molar-refractivity contribution is 6.15. The molecule has 2 nitrogen and oxygen atoms in total. The van der Waals surface area contributed by atoms with Crippen molar-refractivity contribution < 1.29 is 0 Å². The molecule has 0 amide bonds. The van der Waals surface area contributed by atoms with Crippen molar-refractivity contribution in [2.45, 2.75) is 13.8 Å². The van der Waals surface area contributed by atoms with Gasteiger partial charge in [-0.15, -0.1) is 0 Å². The van der Waals surface area contributed by atoms with E-state index in [1.54, 1.807) is 0 Å². The maximum absolute atomic E-state index is 5.16. The first kappa shape index (κ1) is 28.9. The van der Waals surface area contributed by atoms with Gasteiger partial charge in [-0.25, -0.2) is 4.98 Å². The fourth-order valence-electron chi connectivity index (χ4n) is 7.48. The van der Waals surface area contributed by atoms with Crippen molar-refractivity contribution in [3.8, 4) is 50.5 Å². The summed E-state index contributed by atoms with van der Waals surface area (Å²) < 4.78 is 2.27. The highest BCUT2D eigenvalue weighted by Gasteiger charge is 2.18. The number of hydrogen-bond acceptors (Lipinski definition) is 1. The first-order valence-corrected chi connectivity index (χ1v) is 16.9. The average molecular weight is 627 g/mol. The molecule has 0 aliphatic carbocycles. The zero-order valence-electron chi connectivity index (χ0n) is 27.6. The minimum atomic E-state index is 0.942. The van der Waals surface area contributed by atoms with Gasteiger partial charge >= 0.3 is 0 Å². The second kappa shape index (κ2) is 11.8. The fraction of sp³-hybridized carbons (Fsp3) is 0.0426. The third kappa shape index (κ3) is 4.92. The third-order valence-electron chi connectivity index (χ3n) is 9.93. The minimum absolute atomic E-state index is 0.942. The van der Waals surface area contributed by atoms with Crippen LogP contribution in [0, 0.1) is 13.8 Å². The van der Waals surface area contributed by atoms with E-state index < -0.39 is 0 Å². The van der Waals surface area contributed by atoms with Crippen molar-refractivity contribution >= 4 is 32.6 Å². The van der Waals surface area contributed by atoms with E-state index in [1.807, 2.05) is 0 Å². The van der Waals surface area contributed by atoms with Crippen LogP contribution in [0.25, 0.3) is 83.0 Å². The Morgan fingerprint density at radius 3 is 1.92 bits per heavy atom. The Morgan fingerprint density at radius 1 is 0.429 bits per heavy atom. The van der Waals surface area contributed by atoms with Crippen LogP contribution in [-0.2, 0) is 0 Å². The predicted molar refractivity (Wildman–Crippen MR) is 207 cm³/mol. The Kier molecular flexibility index (Phi) is 6.95. The van der Waals surface area contributed by atoms with E-state index in [1.165, 1.54) is 66.1 Å². The van der Waals surface area contributed by atoms with Crippen molar-refractivity contribution in [1.29, 1.82) is 0 Å². The van der Waals surface area contributed by atoms with Crippen LogP contribution in [-0.4, -0.2) is 9.55 Å². The monoisotopic (exact) mass is 626 g/mol. The van der Waals surface area contributed by atoms with Gasteiger partial charge in [-0.05, 0) is 122 Å². The van der Waals surface area contributed by atoms with Crippen molar-refractivity contribution in [3.05, 3.63) is 181 Å². The summed E-state index contributed by atoms with van der Waals surface area (Å²) >= 11 is 0. The predicted octanol–water partition coefficient (Wildman–Crippen LogP) is 12.6. The molecule has 8 aromatic carbocycles. The van der Waals surface area contributed by atoms with Crippen LogP contribution >= 0.6 is 0 Å². The van der Waals surface area contributed by atoms with Crippen molar-refractivity contribution in [3.63, 3.8) is 0 Å². The number of aryl methyl sites for hydroxylation is 2. The molecule has 0 saturated heterocycles. The quantitative estimate of drug-likeness (QED) is 0.174. The van der Waals surface area contributed by atoms with Crippen LogP contribution in [0.5, 0.6) is 0 Å². The number of nitrogens with zero attached hydrogens (tertiary/aromatic N) is 2. The summed E-state index contributed by atoms with van der Waals surface area (Å²) in [5, 5.41) is 5.11. The molecule has 0 N–H and O–H groups in total. The summed E-state index contributed by atoms with van der Waals surface area (Å²) in [5.74, 6) is 0.942. The van der Waals surface area contributed by atoms with Gasteiger partial charge in [0.1, 0.15) is 5.82 Å². The maximum Gasteiger partial charge on any atom is 0.145 e. The highest BCUT2D eigenvalue weighted by Crippen LogP contribution is 2.42. The summed E-state index contributed by atoms with van der Waals surface area (Å²) in [5.41, 5.74) is 14.2. The average Bonchev–Trinajstić information content (AvgIpc) is 3.56. The third-order valence-corrected chi connectivity index (χ3v) is 9.93. The molecule has 0 atom stereocenters. The standard InChI is InChI=1S/C47H34N2/c1-31-24-25-37(47-48-44-22-11-12-23-45(44)49(47)38-18-7-4-8-19-38)30-42(31)35-26-27-41-43(29-35)32(2)39-20-9-10-21-40(39)46(41)36-17-13-16-34(28-36)33-14-5-3-6-15-33/h3-30H,1-2H3. The van der Waals surface area contributed by atoms with E-state index in [2.05, 4.69) is 188 Å². The number of hydrogen-bond donors (Lipinski definition) is 0. The Labute approximate surface area is 286 Å². The molecular formula is C47H34N2. The van der Waals surface area contributed by atoms with Gasteiger partial charge in [0.25, 0.3) is 0 Å². The summed E-state index contributed by atoms with van der Waals surface area (Å²) in [6.45, 7) is 4.47. The lowest BCUT2D eigenvalue weighted by Gasteiger charge is -2.18. The molecule has 49 heavy (non-hydrogen) atoms.